The lowest BCUT2D eigenvalue weighted by molar-refractivity contribution is 0.523. The van der Waals surface area contributed by atoms with Crippen LogP contribution in [0.3, 0.4) is 0 Å². The molecule has 0 fully saturated rings. The minimum Gasteiger partial charge on any atom is -0.310 e. The predicted molar refractivity (Wildman–Crippen MR) is 80.6 cm³/mol. The van der Waals surface area contributed by atoms with E-state index in [9.17, 15) is 0 Å². The Morgan fingerprint density at radius 3 is 2.84 bits per heavy atom. The Labute approximate surface area is 119 Å². The summed E-state index contributed by atoms with van der Waals surface area (Å²) in [5, 5.41) is 16.4. The smallest absolute Gasteiger partial charge is 0.0648 e. The van der Waals surface area contributed by atoms with E-state index in [1.807, 2.05) is 13.8 Å². The van der Waals surface area contributed by atoms with Crippen LogP contribution in [0.5, 0.6) is 0 Å². The van der Waals surface area contributed by atoms with Crippen molar-refractivity contribution < 1.29 is 0 Å². The number of nitrogens with zero attached hydrogens (tertiary/aromatic N) is 2. The van der Waals surface area contributed by atoms with Crippen LogP contribution < -0.4 is 5.32 Å². The third-order valence-electron chi connectivity index (χ3n) is 3.18. The maximum absolute atomic E-state index is 4.25. The van der Waals surface area contributed by atoms with Gasteiger partial charge in [-0.25, -0.2) is 0 Å². The molecule has 2 rings (SSSR count). The lowest BCUT2D eigenvalue weighted by Gasteiger charge is -2.20. The van der Waals surface area contributed by atoms with Crippen LogP contribution in [-0.2, 0) is 6.42 Å². The monoisotopic (exact) mass is 275 g/mol. The van der Waals surface area contributed by atoms with Gasteiger partial charge < -0.3 is 5.32 Å². The van der Waals surface area contributed by atoms with E-state index in [1.165, 1.54) is 11.1 Å². The van der Waals surface area contributed by atoms with Gasteiger partial charge in [0.15, 0.2) is 0 Å². The number of rotatable bonds is 6. The van der Waals surface area contributed by atoms with Gasteiger partial charge in [0, 0.05) is 6.04 Å². The Bertz CT molecular complexity index is 508. The molecule has 3 nitrogen and oxygen atoms in total. The molecule has 0 aliphatic rings. The Balaban J connectivity index is 2.23. The minimum atomic E-state index is 0.323. The zero-order chi connectivity index (χ0) is 13.7. The minimum absolute atomic E-state index is 0.323. The number of aryl methyl sites for hydroxylation is 2. The molecule has 2 aromatic heterocycles. The molecule has 0 bridgehead atoms. The van der Waals surface area contributed by atoms with E-state index in [-0.39, 0.29) is 0 Å². The van der Waals surface area contributed by atoms with Gasteiger partial charge in [0.1, 0.15) is 0 Å². The fourth-order valence-corrected chi connectivity index (χ4v) is 2.86. The molecule has 0 amide bonds. The average molecular weight is 275 g/mol. The van der Waals surface area contributed by atoms with Crippen molar-refractivity contribution in [2.24, 2.45) is 0 Å². The van der Waals surface area contributed by atoms with E-state index < -0.39 is 0 Å². The average Bonchev–Trinajstić information content (AvgIpc) is 2.90. The maximum atomic E-state index is 4.25. The number of nitrogens with one attached hydrogen (secondary N) is 1. The molecule has 0 aromatic carbocycles. The zero-order valence-corrected chi connectivity index (χ0v) is 12.6. The summed E-state index contributed by atoms with van der Waals surface area (Å²) >= 11 is 1.75. The predicted octanol–water partition coefficient (Wildman–Crippen LogP) is 3.44. The SMILES string of the molecule is CCCNC(Cc1ccsc1)c1cc(C)nnc1C. The molecule has 4 heteroatoms. The third kappa shape index (κ3) is 3.85. The summed E-state index contributed by atoms with van der Waals surface area (Å²) in [6.07, 6.45) is 2.14. The lowest BCUT2D eigenvalue weighted by Crippen LogP contribution is -2.25. The van der Waals surface area contributed by atoms with Crippen molar-refractivity contribution in [3.63, 3.8) is 0 Å². The summed E-state index contributed by atoms with van der Waals surface area (Å²) < 4.78 is 0. The number of thiophene rings is 1. The molecule has 0 spiro atoms. The summed E-state index contributed by atoms with van der Waals surface area (Å²) in [6, 6.07) is 4.67. The van der Waals surface area contributed by atoms with E-state index in [1.54, 1.807) is 11.3 Å². The molecule has 0 aliphatic carbocycles. The van der Waals surface area contributed by atoms with Gasteiger partial charge in [-0.1, -0.05) is 6.92 Å². The first kappa shape index (κ1) is 14.2. The summed E-state index contributed by atoms with van der Waals surface area (Å²) in [5.41, 5.74) is 4.66. The number of aromatic nitrogens is 2. The fourth-order valence-electron chi connectivity index (χ4n) is 2.18. The van der Waals surface area contributed by atoms with E-state index in [2.05, 4.69) is 45.3 Å². The molecule has 0 saturated heterocycles. The molecular weight excluding hydrogens is 254 g/mol. The van der Waals surface area contributed by atoms with Crippen molar-refractivity contribution in [2.45, 2.75) is 39.7 Å². The fraction of sp³-hybridized carbons (Fsp3) is 0.467. The van der Waals surface area contributed by atoms with Gasteiger partial charge in [-0.15, -0.1) is 0 Å². The quantitative estimate of drug-likeness (QED) is 0.877. The van der Waals surface area contributed by atoms with Gasteiger partial charge in [0.2, 0.25) is 0 Å². The van der Waals surface area contributed by atoms with Gasteiger partial charge in [0.25, 0.3) is 0 Å². The highest BCUT2D eigenvalue weighted by atomic mass is 32.1. The van der Waals surface area contributed by atoms with Crippen LogP contribution in [0.15, 0.2) is 22.9 Å². The molecule has 102 valence electrons. The Morgan fingerprint density at radius 1 is 1.32 bits per heavy atom. The van der Waals surface area contributed by atoms with Gasteiger partial charge in [0.05, 0.1) is 11.4 Å². The van der Waals surface area contributed by atoms with Crippen LogP contribution in [0.1, 0.15) is 41.9 Å². The second-order valence-electron chi connectivity index (χ2n) is 4.87. The van der Waals surface area contributed by atoms with Crippen LogP contribution in [0, 0.1) is 13.8 Å². The van der Waals surface area contributed by atoms with Gasteiger partial charge in [-0.05, 0) is 67.3 Å². The molecule has 0 saturated carbocycles. The standard InChI is InChI=1S/C15H21N3S/c1-4-6-16-15(9-13-5-7-19-10-13)14-8-11(2)17-18-12(14)3/h5,7-8,10,15-16H,4,6,9H2,1-3H3. The van der Waals surface area contributed by atoms with E-state index in [0.717, 1.165) is 30.8 Å². The van der Waals surface area contributed by atoms with Crippen LogP contribution in [0.2, 0.25) is 0 Å². The van der Waals surface area contributed by atoms with Crippen LogP contribution in [0.4, 0.5) is 0 Å². The first-order chi connectivity index (χ1) is 9.20. The van der Waals surface area contributed by atoms with Crippen molar-refractivity contribution in [1.29, 1.82) is 0 Å². The molecule has 0 aliphatic heterocycles. The van der Waals surface area contributed by atoms with Gasteiger partial charge in [-0.3, -0.25) is 0 Å². The molecule has 1 atom stereocenters. The highest BCUT2D eigenvalue weighted by Crippen LogP contribution is 2.22. The third-order valence-corrected chi connectivity index (χ3v) is 3.91. The molecule has 2 aromatic rings. The largest absolute Gasteiger partial charge is 0.310 e. The van der Waals surface area contributed by atoms with Crippen LogP contribution in [0.25, 0.3) is 0 Å². The topological polar surface area (TPSA) is 37.8 Å². The molecule has 1 unspecified atom stereocenters. The van der Waals surface area contributed by atoms with Crippen LogP contribution in [-0.4, -0.2) is 16.7 Å². The van der Waals surface area contributed by atoms with Crippen LogP contribution >= 0.6 is 11.3 Å². The first-order valence-electron chi connectivity index (χ1n) is 6.76. The Kier molecular flexibility index (Phi) is 5.05. The zero-order valence-electron chi connectivity index (χ0n) is 11.8. The van der Waals surface area contributed by atoms with Crippen molar-refractivity contribution >= 4 is 11.3 Å². The van der Waals surface area contributed by atoms with E-state index in [0.29, 0.717) is 6.04 Å². The maximum Gasteiger partial charge on any atom is 0.0648 e. The highest BCUT2D eigenvalue weighted by molar-refractivity contribution is 7.07. The van der Waals surface area contributed by atoms with E-state index >= 15 is 0 Å². The molecular formula is C15H21N3S. The Morgan fingerprint density at radius 2 is 2.16 bits per heavy atom. The second kappa shape index (κ2) is 6.78. The van der Waals surface area contributed by atoms with Crippen molar-refractivity contribution in [3.05, 3.63) is 45.4 Å². The first-order valence-corrected chi connectivity index (χ1v) is 7.70. The molecule has 2 heterocycles. The number of hydrogen-bond acceptors (Lipinski definition) is 4. The Hall–Kier alpha value is -1.26. The molecule has 1 N–H and O–H groups in total. The lowest BCUT2D eigenvalue weighted by atomic mass is 9.99. The van der Waals surface area contributed by atoms with Crippen molar-refractivity contribution in [1.82, 2.24) is 15.5 Å². The second-order valence-corrected chi connectivity index (χ2v) is 5.65. The van der Waals surface area contributed by atoms with Gasteiger partial charge >= 0.3 is 0 Å². The summed E-state index contributed by atoms with van der Waals surface area (Å²) in [4.78, 5) is 0. The molecule has 0 radical (unpaired) electrons. The highest BCUT2D eigenvalue weighted by Gasteiger charge is 2.15. The summed E-state index contributed by atoms with van der Waals surface area (Å²) in [5.74, 6) is 0. The summed E-state index contributed by atoms with van der Waals surface area (Å²) in [6.45, 7) is 7.25. The summed E-state index contributed by atoms with van der Waals surface area (Å²) in [7, 11) is 0. The van der Waals surface area contributed by atoms with Crippen molar-refractivity contribution in [3.8, 4) is 0 Å². The van der Waals surface area contributed by atoms with E-state index in [4.69, 9.17) is 0 Å². The normalized spacial score (nSPS) is 12.6. The number of hydrogen-bond donors (Lipinski definition) is 1. The van der Waals surface area contributed by atoms with Gasteiger partial charge in [-0.2, -0.15) is 21.5 Å². The molecule has 19 heavy (non-hydrogen) atoms. The van der Waals surface area contributed by atoms with Crippen molar-refractivity contribution in [2.75, 3.05) is 6.54 Å².